The Morgan fingerprint density at radius 1 is 1.42 bits per heavy atom. The summed E-state index contributed by atoms with van der Waals surface area (Å²) in [6.07, 6.45) is 0.798. The second-order valence-electron chi connectivity index (χ2n) is 5.50. The molecule has 4 rings (SSSR count). The molecule has 0 saturated carbocycles. The van der Waals surface area contributed by atoms with Crippen LogP contribution in [0, 0.1) is 0 Å². The Hall–Kier alpha value is -2.71. The summed E-state index contributed by atoms with van der Waals surface area (Å²) in [5.41, 5.74) is 0.240. The molecule has 1 aromatic carbocycles. The van der Waals surface area contributed by atoms with Crippen LogP contribution >= 0.6 is 11.3 Å². The van der Waals surface area contributed by atoms with Gasteiger partial charge in [0.25, 0.3) is 5.56 Å². The third-order valence-electron chi connectivity index (χ3n) is 3.84. The Morgan fingerprint density at radius 2 is 2.25 bits per heavy atom. The lowest BCUT2D eigenvalue weighted by molar-refractivity contribution is 0.195. The highest BCUT2D eigenvalue weighted by Gasteiger charge is 2.13. The first-order valence-electron chi connectivity index (χ1n) is 7.44. The molecule has 3 N–H and O–H groups in total. The van der Waals surface area contributed by atoms with Crippen molar-refractivity contribution in [2.24, 2.45) is 7.05 Å². The Balaban J connectivity index is 1.55. The number of H-pyrrole nitrogens is 1. The molecule has 0 amide bonds. The zero-order chi connectivity index (χ0) is 16.7. The van der Waals surface area contributed by atoms with Crippen LogP contribution in [-0.2, 0) is 7.05 Å². The quantitative estimate of drug-likeness (QED) is 0.528. The molecule has 8 heteroatoms. The fraction of sp³-hybridized carbons (Fsp3) is 0.188. The average Bonchev–Trinajstić information content (AvgIpc) is 3.17. The maximum Gasteiger partial charge on any atom is 0.263 e. The summed E-state index contributed by atoms with van der Waals surface area (Å²) in [6, 6.07) is 9.98. The van der Waals surface area contributed by atoms with Crippen molar-refractivity contribution >= 4 is 38.4 Å². The SMILES string of the molecule is Cn1ncc2c(=O)[nH]c(NCC(O)c3cc4ccccc4s3)nc21. The number of hydrogen-bond acceptors (Lipinski definition) is 6. The standard InChI is InChI=1S/C16H15N5O2S/c1-21-14-10(7-18-21)15(23)20-16(19-14)17-8-11(22)13-6-9-4-2-3-5-12(9)24-13/h2-7,11,22H,8H2,1H3,(H2,17,19,20,23). The van der Waals surface area contributed by atoms with E-state index in [9.17, 15) is 9.90 Å². The number of anilines is 1. The van der Waals surface area contributed by atoms with Crippen LogP contribution < -0.4 is 10.9 Å². The van der Waals surface area contributed by atoms with Crippen molar-refractivity contribution in [3.63, 3.8) is 0 Å². The molecule has 0 aliphatic rings. The molecule has 24 heavy (non-hydrogen) atoms. The van der Waals surface area contributed by atoms with E-state index in [0.717, 1.165) is 15.0 Å². The van der Waals surface area contributed by atoms with Crippen LogP contribution in [0.4, 0.5) is 5.95 Å². The number of aryl methyl sites for hydroxylation is 1. The van der Waals surface area contributed by atoms with Crippen LogP contribution in [0.1, 0.15) is 11.0 Å². The first-order chi connectivity index (χ1) is 11.6. The molecule has 1 unspecified atom stereocenters. The minimum Gasteiger partial charge on any atom is -0.386 e. The lowest BCUT2D eigenvalue weighted by Gasteiger charge is -2.10. The van der Waals surface area contributed by atoms with E-state index in [1.165, 1.54) is 10.9 Å². The normalized spacial score (nSPS) is 12.8. The number of hydrogen-bond donors (Lipinski definition) is 3. The second kappa shape index (κ2) is 5.73. The number of fused-ring (bicyclic) bond motifs is 2. The Labute approximate surface area is 140 Å². The Kier molecular flexibility index (Phi) is 3.55. The zero-order valence-electron chi connectivity index (χ0n) is 12.9. The van der Waals surface area contributed by atoms with Gasteiger partial charge in [0.05, 0.1) is 6.20 Å². The number of aromatic nitrogens is 4. The minimum absolute atomic E-state index is 0.249. The molecule has 3 aromatic heterocycles. The number of nitrogens with one attached hydrogen (secondary N) is 2. The van der Waals surface area contributed by atoms with Gasteiger partial charge in [0.1, 0.15) is 11.5 Å². The highest BCUT2D eigenvalue weighted by atomic mass is 32.1. The number of benzene rings is 1. The molecule has 3 heterocycles. The summed E-state index contributed by atoms with van der Waals surface area (Å²) >= 11 is 1.55. The van der Waals surface area contributed by atoms with Gasteiger partial charge < -0.3 is 10.4 Å². The van der Waals surface area contributed by atoms with E-state index in [0.29, 0.717) is 17.0 Å². The summed E-state index contributed by atoms with van der Waals surface area (Å²) in [5, 5.41) is 18.9. The molecule has 0 fully saturated rings. The van der Waals surface area contributed by atoms with Crippen LogP contribution in [0.25, 0.3) is 21.1 Å². The van der Waals surface area contributed by atoms with Crippen molar-refractivity contribution in [2.45, 2.75) is 6.10 Å². The van der Waals surface area contributed by atoms with Crippen molar-refractivity contribution in [3.05, 3.63) is 51.8 Å². The number of aliphatic hydroxyl groups is 1. The number of thiophene rings is 1. The fourth-order valence-corrected chi connectivity index (χ4v) is 3.63. The minimum atomic E-state index is -0.685. The molecule has 122 valence electrons. The van der Waals surface area contributed by atoms with Crippen LogP contribution in [-0.4, -0.2) is 31.4 Å². The summed E-state index contributed by atoms with van der Waals surface area (Å²) in [7, 11) is 1.73. The molecule has 4 aromatic rings. The summed E-state index contributed by atoms with van der Waals surface area (Å²) in [5.74, 6) is 0.316. The van der Waals surface area contributed by atoms with Crippen molar-refractivity contribution < 1.29 is 5.11 Å². The molecule has 7 nitrogen and oxygen atoms in total. The van der Waals surface area contributed by atoms with Gasteiger partial charge >= 0.3 is 0 Å². The Morgan fingerprint density at radius 3 is 3.08 bits per heavy atom. The number of nitrogens with zero attached hydrogens (tertiary/aromatic N) is 3. The van der Waals surface area contributed by atoms with Crippen molar-refractivity contribution in [1.82, 2.24) is 19.7 Å². The van der Waals surface area contributed by atoms with E-state index < -0.39 is 6.10 Å². The maximum absolute atomic E-state index is 12.0. The van der Waals surface area contributed by atoms with Gasteiger partial charge in [-0.15, -0.1) is 11.3 Å². The van der Waals surface area contributed by atoms with Crippen molar-refractivity contribution in [2.75, 3.05) is 11.9 Å². The van der Waals surface area contributed by atoms with Crippen LogP contribution in [0.2, 0.25) is 0 Å². The van der Waals surface area contributed by atoms with E-state index >= 15 is 0 Å². The highest BCUT2D eigenvalue weighted by molar-refractivity contribution is 7.19. The first-order valence-corrected chi connectivity index (χ1v) is 8.26. The second-order valence-corrected chi connectivity index (χ2v) is 6.62. The molecular weight excluding hydrogens is 326 g/mol. The Bertz CT molecular complexity index is 1050. The maximum atomic E-state index is 12.0. The third-order valence-corrected chi connectivity index (χ3v) is 5.05. The molecule has 0 aliphatic carbocycles. The predicted octanol–water partition coefficient (Wildman–Crippen LogP) is 2.02. The van der Waals surface area contributed by atoms with Gasteiger partial charge in [0.15, 0.2) is 5.65 Å². The smallest absolute Gasteiger partial charge is 0.263 e. The van der Waals surface area contributed by atoms with E-state index in [-0.39, 0.29) is 12.1 Å². The molecule has 0 saturated heterocycles. The van der Waals surface area contributed by atoms with Crippen LogP contribution in [0.15, 0.2) is 41.3 Å². The van der Waals surface area contributed by atoms with E-state index in [1.807, 2.05) is 30.3 Å². The third kappa shape index (κ3) is 2.55. The van der Waals surface area contributed by atoms with Crippen LogP contribution in [0.5, 0.6) is 0 Å². The number of aromatic amines is 1. The lowest BCUT2D eigenvalue weighted by Crippen LogP contribution is -2.17. The number of rotatable bonds is 4. The van der Waals surface area contributed by atoms with Gasteiger partial charge in [-0.1, -0.05) is 18.2 Å². The zero-order valence-corrected chi connectivity index (χ0v) is 13.7. The predicted molar refractivity (Wildman–Crippen MR) is 94.4 cm³/mol. The average molecular weight is 341 g/mol. The summed E-state index contributed by atoms with van der Waals surface area (Å²) in [6.45, 7) is 0.249. The topological polar surface area (TPSA) is 95.8 Å². The first kappa shape index (κ1) is 14.9. The number of aliphatic hydroxyl groups excluding tert-OH is 1. The van der Waals surface area contributed by atoms with Gasteiger partial charge in [-0.05, 0) is 17.5 Å². The molecule has 0 aliphatic heterocycles. The van der Waals surface area contributed by atoms with Crippen molar-refractivity contribution in [1.29, 1.82) is 0 Å². The fourth-order valence-electron chi connectivity index (χ4n) is 2.58. The molecule has 1 atom stereocenters. The van der Waals surface area contributed by atoms with E-state index in [1.54, 1.807) is 18.4 Å². The van der Waals surface area contributed by atoms with Gasteiger partial charge in [-0.3, -0.25) is 14.5 Å². The van der Waals surface area contributed by atoms with Crippen molar-refractivity contribution in [3.8, 4) is 0 Å². The molecular formula is C16H15N5O2S. The van der Waals surface area contributed by atoms with E-state index in [2.05, 4.69) is 20.4 Å². The summed E-state index contributed by atoms with van der Waals surface area (Å²) in [4.78, 5) is 19.9. The summed E-state index contributed by atoms with van der Waals surface area (Å²) < 4.78 is 2.67. The molecule has 0 bridgehead atoms. The largest absolute Gasteiger partial charge is 0.386 e. The highest BCUT2D eigenvalue weighted by Crippen LogP contribution is 2.29. The molecule has 0 spiro atoms. The molecule has 0 radical (unpaired) electrons. The lowest BCUT2D eigenvalue weighted by atomic mass is 10.2. The van der Waals surface area contributed by atoms with Crippen LogP contribution in [0.3, 0.4) is 0 Å². The monoisotopic (exact) mass is 341 g/mol. The van der Waals surface area contributed by atoms with Gasteiger partial charge in [0.2, 0.25) is 5.95 Å². The van der Waals surface area contributed by atoms with Gasteiger partial charge in [-0.25, -0.2) is 0 Å². The van der Waals surface area contributed by atoms with E-state index in [4.69, 9.17) is 0 Å². The van der Waals surface area contributed by atoms with Gasteiger partial charge in [0, 0.05) is 23.2 Å². The van der Waals surface area contributed by atoms with Gasteiger partial charge in [-0.2, -0.15) is 10.1 Å².